The van der Waals surface area contributed by atoms with Crippen molar-refractivity contribution < 1.29 is 38.4 Å². The third-order valence-electron chi connectivity index (χ3n) is 9.16. The van der Waals surface area contributed by atoms with Gasteiger partial charge < -0.3 is 20.5 Å². The number of nitrogens with one attached hydrogen (secondary N) is 2. The van der Waals surface area contributed by atoms with Gasteiger partial charge in [0, 0.05) is 18.0 Å². The van der Waals surface area contributed by atoms with Crippen molar-refractivity contribution in [2.45, 2.75) is 70.4 Å². The molecule has 4 saturated carbocycles. The summed E-state index contributed by atoms with van der Waals surface area (Å²) in [7, 11) is 0. The molecule has 0 radical (unpaired) electrons. The van der Waals surface area contributed by atoms with Crippen molar-refractivity contribution in [2.75, 3.05) is 12.0 Å². The van der Waals surface area contributed by atoms with Crippen LogP contribution >= 0.6 is 11.8 Å². The van der Waals surface area contributed by atoms with E-state index in [1.54, 1.807) is 6.07 Å². The number of rotatable bonds is 11. The average Bonchev–Trinajstić information content (AvgIpc) is 2.91. The first kappa shape index (κ1) is 30.7. The Morgan fingerprint density at radius 1 is 0.975 bits per heavy atom. The van der Waals surface area contributed by atoms with E-state index in [9.17, 15) is 19.5 Å². The number of carboxylic acids is 1. The molecule has 4 fully saturated rings. The maximum absolute atomic E-state index is 13.3. The van der Waals surface area contributed by atoms with E-state index in [1.165, 1.54) is 43.9 Å². The van der Waals surface area contributed by atoms with Crippen molar-refractivity contribution in [2.24, 2.45) is 23.7 Å². The maximum atomic E-state index is 13.3. The zero-order chi connectivity index (χ0) is 27.5. The van der Waals surface area contributed by atoms with Gasteiger partial charge in [0.05, 0.1) is 12.0 Å². The van der Waals surface area contributed by atoms with Crippen LogP contribution in [0.4, 0.5) is 0 Å². The average molecular weight is 555 g/mol. The molecule has 2 N–H and O–H groups in total. The van der Waals surface area contributed by atoms with Gasteiger partial charge in [0.2, 0.25) is 5.91 Å². The SMILES string of the molecule is CSCCC(NC(=O)c1ccc(CCC(=O)NC2C3CC4CC(C3)CC2C4)cc1-c1ccccc1C)C(=O)[O-].[Li+]. The Morgan fingerprint density at radius 3 is 2.27 bits per heavy atom. The third kappa shape index (κ3) is 6.98. The number of amides is 2. The van der Waals surface area contributed by atoms with Crippen molar-refractivity contribution in [1.82, 2.24) is 10.6 Å². The van der Waals surface area contributed by atoms with Crippen molar-refractivity contribution in [3.05, 3.63) is 59.2 Å². The number of carboxylic acid groups (broad SMARTS) is 1. The molecule has 40 heavy (non-hydrogen) atoms. The van der Waals surface area contributed by atoms with Gasteiger partial charge in [-0.25, -0.2) is 0 Å². The Labute approximate surface area is 254 Å². The van der Waals surface area contributed by atoms with Gasteiger partial charge in [-0.05, 0) is 116 Å². The number of aliphatic carboxylic acids is 1. The van der Waals surface area contributed by atoms with E-state index in [0.29, 0.717) is 48.5 Å². The molecule has 0 aliphatic heterocycles. The molecule has 4 aliphatic rings. The summed E-state index contributed by atoms with van der Waals surface area (Å²) in [5, 5.41) is 17.7. The van der Waals surface area contributed by atoms with E-state index >= 15 is 0 Å². The summed E-state index contributed by atoms with van der Waals surface area (Å²) >= 11 is 1.52. The first-order valence-electron chi connectivity index (χ1n) is 14.3. The summed E-state index contributed by atoms with van der Waals surface area (Å²) < 4.78 is 0. The molecule has 208 valence electrons. The van der Waals surface area contributed by atoms with E-state index in [0.717, 1.165) is 34.1 Å². The summed E-state index contributed by atoms with van der Waals surface area (Å²) in [6.45, 7) is 1.99. The monoisotopic (exact) mass is 554 g/mol. The molecule has 8 heteroatoms. The molecule has 2 aromatic carbocycles. The fraction of sp³-hybridized carbons (Fsp3) is 0.531. The van der Waals surface area contributed by atoms with E-state index in [2.05, 4.69) is 10.6 Å². The Hall–Kier alpha value is -2.20. The maximum Gasteiger partial charge on any atom is 1.00 e. The molecule has 4 bridgehead atoms. The van der Waals surface area contributed by atoms with Crippen molar-refractivity contribution in [3.63, 3.8) is 0 Å². The van der Waals surface area contributed by atoms with Gasteiger partial charge in [-0.2, -0.15) is 11.8 Å². The summed E-state index contributed by atoms with van der Waals surface area (Å²) in [4.78, 5) is 37.9. The van der Waals surface area contributed by atoms with Gasteiger partial charge in [0.25, 0.3) is 5.91 Å². The minimum atomic E-state index is -1.28. The molecule has 2 aromatic rings. The number of carbonyl (C=O) groups excluding carboxylic acids is 3. The molecule has 1 atom stereocenters. The standard InChI is InChI=1S/C32H40N2O4S.Li/c1-19-5-3-4-6-25(19)27-18-20(7-9-26(27)31(36)33-28(32(37)38)11-12-39-2)8-10-29(35)34-30-23-14-21-13-22(16-23)17-24(30)15-21;/h3-7,9,18,21-24,28,30H,8,10-17H2,1-2H3,(H,33,36)(H,34,35)(H,37,38);/q;+1/p-1. The number of thioether (sulfide) groups is 1. The predicted octanol–water partition coefficient (Wildman–Crippen LogP) is 1.14. The summed E-state index contributed by atoms with van der Waals surface area (Å²) in [6, 6.07) is 12.7. The molecule has 4 aliphatic carbocycles. The van der Waals surface area contributed by atoms with Gasteiger partial charge in [-0.15, -0.1) is 0 Å². The molecule has 1 unspecified atom stereocenters. The largest absolute Gasteiger partial charge is 1.00 e. The number of benzene rings is 2. The Morgan fingerprint density at radius 2 is 1.65 bits per heavy atom. The number of hydrogen-bond donors (Lipinski definition) is 2. The zero-order valence-electron chi connectivity index (χ0n) is 23.9. The van der Waals surface area contributed by atoms with Crippen molar-refractivity contribution >= 4 is 29.5 Å². The van der Waals surface area contributed by atoms with Gasteiger partial charge >= 0.3 is 18.9 Å². The molecule has 0 aromatic heterocycles. The van der Waals surface area contributed by atoms with Crippen LogP contribution < -0.4 is 34.6 Å². The van der Waals surface area contributed by atoms with Crippen LogP contribution in [0.1, 0.15) is 66.4 Å². The Kier molecular flexibility index (Phi) is 10.5. The normalized spacial score (nSPS) is 25.1. The molecular weight excluding hydrogens is 515 g/mol. The molecule has 2 amide bonds. The van der Waals surface area contributed by atoms with Crippen LogP contribution in [0.2, 0.25) is 0 Å². The summed E-state index contributed by atoms with van der Waals surface area (Å²) in [5.74, 6) is 2.05. The van der Waals surface area contributed by atoms with Crippen molar-refractivity contribution in [1.29, 1.82) is 0 Å². The summed E-state index contributed by atoms with van der Waals surface area (Å²) in [5.41, 5.74) is 4.07. The van der Waals surface area contributed by atoms with Crippen LogP contribution in [0.5, 0.6) is 0 Å². The van der Waals surface area contributed by atoms with E-state index < -0.39 is 17.9 Å². The summed E-state index contributed by atoms with van der Waals surface area (Å²) in [6.07, 6.45) is 9.68. The smallest absolute Gasteiger partial charge is 0.548 e. The minimum Gasteiger partial charge on any atom is -0.548 e. The Bertz CT molecular complexity index is 1210. The second kappa shape index (κ2) is 13.6. The first-order valence-corrected chi connectivity index (χ1v) is 15.7. The van der Waals surface area contributed by atoms with E-state index in [4.69, 9.17) is 0 Å². The predicted molar refractivity (Wildman–Crippen MR) is 153 cm³/mol. The Balaban J connectivity index is 0.00000370. The first-order chi connectivity index (χ1) is 18.8. The van der Waals surface area contributed by atoms with E-state index in [1.807, 2.05) is 49.6 Å². The fourth-order valence-electron chi connectivity index (χ4n) is 7.44. The van der Waals surface area contributed by atoms with Crippen LogP contribution in [-0.4, -0.2) is 41.9 Å². The van der Waals surface area contributed by atoms with Crippen LogP contribution in [0.25, 0.3) is 11.1 Å². The molecule has 6 rings (SSSR count). The van der Waals surface area contributed by atoms with E-state index in [-0.39, 0.29) is 24.8 Å². The fourth-order valence-corrected chi connectivity index (χ4v) is 7.91. The molecular formula is C32H39LiN2O4S. The van der Waals surface area contributed by atoms with Gasteiger partial charge in [-0.3, -0.25) is 9.59 Å². The second-order valence-electron chi connectivity index (χ2n) is 11.8. The van der Waals surface area contributed by atoms with Crippen LogP contribution in [0, 0.1) is 30.6 Å². The molecule has 6 nitrogen and oxygen atoms in total. The quantitative estimate of drug-likeness (QED) is 0.406. The van der Waals surface area contributed by atoms with Crippen LogP contribution in [0.3, 0.4) is 0 Å². The van der Waals surface area contributed by atoms with Crippen LogP contribution in [-0.2, 0) is 16.0 Å². The second-order valence-corrected chi connectivity index (χ2v) is 12.8. The topological polar surface area (TPSA) is 98.3 Å². The van der Waals surface area contributed by atoms with Crippen LogP contribution in [0.15, 0.2) is 42.5 Å². The number of aryl methyl sites for hydroxylation is 2. The van der Waals surface area contributed by atoms with Gasteiger partial charge in [0.1, 0.15) is 0 Å². The molecule has 0 spiro atoms. The third-order valence-corrected chi connectivity index (χ3v) is 9.80. The minimum absolute atomic E-state index is 0. The van der Waals surface area contributed by atoms with Gasteiger partial charge in [-0.1, -0.05) is 36.4 Å². The zero-order valence-corrected chi connectivity index (χ0v) is 24.7. The molecule has 0 saturated heterocycles. The molecule has 0 heterocycles. The number of carbonyl (C=O) groups is 3. The van der Waals surface area contributed by atoms with Crippen molar-refractivity contribution in [3.8, 4) is 11.1 Å². The van der Waals surface area contributed by atoms with Gasteiger partial charge in [0.15, 0.2) is 0 Å². The number of hydrogen-bond acceptors (Lipinski definition) is 5.